The highest BCUT2D eigenvalue weighted by atomic mass is 16.1. The minimum absolute atomic E-state index is 0.267. The molecular formula is C12H20N4O. The van der Waals surface area contributed by atoms with Crippen LogP contribution >= 0.6 is 0 Å². The van der Waals surface area contributed by atoms with E-state index in [1.165, 1.54) is 0 Å². The predicted octanol–water partition coefficient (Wildman–Crippen LogP) is 0.821. The maximum absolute atomic E-state index is 10.9. The maximum Gasteiger partial charge on any atom is 0.231 e. The van der Waals surface area contributed by atoms with Crippen LogP contribution in [0.5, 0.6) is 0 Å². The minimum atomic E-state index is -0.310. The first-order chi connectivity index (χ1) is 8.15. The third-order valence-corrected chi connectivity index (χ3v) is 2.41. The summed E-state index contributed by atoms with van der Waals surface area (Å²) >= 11 is 0. The van der Waals surface area contributed by atoms with E-state index < -0.39 is 0 Å². The van der Waals surface area contributed by atoms with Crippen molar-refractivity contribution in [2.24, 2.45) is 5.73 Å². The van der Waals surface area contributed by atoms with Crippen LogP contribution in [0.3, 0.4) is 0 Å². The number of pyridine rings is 1. The number of hydrogen-bond acceptors (Lipinski definition) is 4. The molecule has 17 heavy (non-hydrogen) atoms. The summed E-state index contributed by atoms with van der Waals surface area (Å²) in [6.07, 6.45) is 1.77. The van der Waals surface area contributed by atoms with Crippen LogP contribution in [0, 0.1) is 0 Å². The lowest BCUT2D eigenvalue weighted by atomic mass is 10.3. The third-order valence-electron chi connectivity index (χ3n) is 2.41. The van der Waals surface area contributed by atoms with Crippen molar-refractivity contribution >= 4 is 11.6 Å². The molecule has 0 radical (unpaired) electrons. The summed E-state index contributed by atoms with van der Waals surface area (Å²) in [7, 11) is 0. The van der Waals surface area contributed by atoms with Gasteiger partial charge in [0.2, 0.25) is 5.91 Å². The molecule has 0 unspecified atom stereocenters. The third kappa shape index (κ3) is 4.82. The van der Waals surface area contributed by atoms with Crippen molar-refractivity contribution in [3.63, 3.8) is 0 Å². The Kier molecular flexibility index (Phi) is 5.42. The van der Waals surface area contributed by atoms with Crippen molar-refractivity contribution in [1.82, 2.24) is 9.88 Å². The van der Waals surface area contributed by atoms with E-state index in [-0.39, 0.29) is 12.5 Å². The molecule has 0 bridgehead atoms. The van der Waals surface area contributed by atoms with E-state index in [0.717, 1.165) is 24.5 Å². The molecule has 1 aromatic rings. The Morgan fingerprint density at radius 1 is 1.53 bits per heavy atom. The number of likely N-dealkylation sites (N-methyl/N-ethyl adjacent to an activating group) is 1. The lowest BCUT2D eigenvalue weighted by Crippen LogP contribution is -2.33. The van der Waals surface area contributed by atoms with Crippen molar-refractivity contribution in [3.05, 3.63) is 24.0 Å². The molecular weight excluding hydrogens is 216 g/mol. The number of primary amides is 1. The topological polar surface area (TPSA) is 71.2 Å². The van der Waals surface area contributed by atoms with Gasteiger partial charge in [-0.1, -0.05) is 6.92 Å². The molecule has 3 N–H and O–H groups in total. The number of carbonyl (C=O) groups excluding carboxylic acids is 1. The van der Waals surface area contributed by atoms with Gasteiger partial charge in [0, 0.05) is 25.0 Å². The van der Waals surface area contributed by atoms with Gasteiger partial charge in [0.1, 0.15) is 0 Å². The fourth-order valence-corrected chi connectivity index (χ4v) is 1.61. The molecule has 5 heteroatoms. The van der Waals surface area contributed by atoms with Gasteiger partial charge in [-0.15, -0.1) is 0 Å². The van der Waals surface area contributed by atoms with Gasteiger partial charge in [-0.05, 0) is 25.6 Å². The van der Waals surface area contributed by atoms with E-state index in [1.807, 2.05) is 30.9 Å². The summed E-state index contributed by atoms with van der Waals surface area (Å²) in [5.74, 6) is -0.310. The van der Waals surface area contributed by atoms with Gasteiger partial charge in [0.25, 0.3) is 0 Å². The molecule has 1 rings (SSSR count). The van der Waals surface area contributed by atoms with Crippen LogP contribution in [0.1, 0.15) is 19.5 Å². The molecule has 0 aliphatic rings. The van der Waals surface area contributed by atoms with Crippen LogP contribution < -0.4 is 11.1 Å². The molecule has 0 aliphatic carbocycles. The van der Waals surface area contributed by atoms with Crippen LogP contribution in [0.25, 0.3) is 0 Å². The number of nitrogens with zero attached hydrogens (tertiary/aromatic N) is 2. The standard InChI is InChI=1S/C12H20N4O/c1-3-14-10-5-6-15-11(7-10)8-16(4-2)9-12(13)17/h5-7H,3-4,8-9H2,1-2H3,(H2,13,17)(H,14,15). The van der Waals surface area contributed by atoms with Gasteiger partial charge in [-0.3, -0.25) is 14.7 Å². The van der Waals surface area contributed by atoms with Gasteiger partial charge in [-0.25, -0.2) is 0 Å². The van der Waals surface area contributed by atoms with E-state index in [0.29, 0.717) is 6.54 Å². The van der Waals surface area contributed by atoms with Crippen molar-refractivity contribution < 1.29 is 4.79 Å². The highest BCUT2D eigenvalue weighted by Gasteiger charge is 2.07. The van der Waals surface area contributed by atoms with Crippen molar-refractivity contribution in [1.29, 1.82) is 0 Å². The Balaban J connectivity index is 2.65. The van der Waals surface area contributed by atoms with Crippen LogP contribution in [-0.4, -0.2) is 35.4 Å². The maximum atomic E-state index is 10.9. The number of rotatable bonds is 7. The Bertz CT molecular complexity index is 367. The summed E-state index contributed by atoms with van der Waals surface area (Å²) in [6.45, 7) is 6.60. The lowest BCUT2D eigenvalue weighted by Gasteiger charge is -2.18. The van der Waals surface area contributed by atoms with Gasteiger partial charge >= 0.3 is 0 Å². The summed E-state index contributed by atoms with van der Waals surface area (Å²) in [5.41, 5.74) is 7.17. The average Bonchev–Trinajstić information content (AvgIpc) is 2.28. The van der Waals surface area contributed by atoms with Crippen LogP contribution in [0.15, 0.2) is 18.3 Å². The number of anilines is 1. The normalized spacial score (nSPS) is 10.5. The van der Waals surface area contributed by atoms with E-state index in [4.69, 9.17) is 5.73 Å². The zero-order chi connectivity index (χ0) is 12.7. The average molecular weight is 236 g/mol. The molecule has 0 spiro atoms. The zero-order valence-electron chi connectivity index (χ0n) is 10.4. The van der Waals surface area contributed by atoms with E-state index in [9.17, 15) is 4.79 Å². The Hall–Kier alpha value is -1.62. The summed E-state index contributed by atoms with van der Waals surface area (Å²) < 4.78 is 0. The summed E-state index contributed by atoms with van der Waals surface area (Å²) in [4.78, 5) is 17.1. The number of amides is 1. The molecule has 0 saturated carbocycles. The van der Waals surface area contributed by atoms with Gasteiger partial charge in [0.15, 0.2) is 0 Å². The van der Waals surface area contributed by atoms with Gasteiger partial charge in [-0.2, -0.15) is 0 Å². The molecule has 0 fully saturated rings. The van der Waals surface area contributed by atoms with Gasteiger partial charge < -0.3 is 11.1 Å². The fourth-order valence-electron chi connectivity index (χ4n) is 1.61. The number of nitrogens with two attached hydrogens (primary N) is 1. The van der Waals surface area contributed by atoms with Crippen molar-refractivity contribution in [2.75, 3.05) is 25.0 Å². The minimum Gasteiger partial charge on any atom is -0.385 e. The van der Waals surface area contributed by atoms with E-state index >= 15 is 0 Å². The molecule has 0 atom stereocenters. The molecule has 0 saturated heterocycles. The predicted molar refractivity (Wildman–Crippen MR) is 68.5 cm³/mol. The second-order valence-electron chi connectivity index (χ2n) is 3.84. The molecule has 1 amide bonds. The SMILES string of the molecule is CCNc1ccnc(CN(CC)CC(N)=O)c1. The van der Waals surface area contributed by atoms with Crippen LogP contribution in [0.2, 0.25) is 0 Å². The number of hydrogen-bond donors (Lipinski definition) is 2. The molecule has 0 aliphatic heterocycles. The monoisotopic (exact) mass is 236 g/mol. The highest BCUT2D eigenvalue weighted by Crippen LogP contribution is 2.09. The van der Waals surface area contributed by atoms with E-state index in [1.54, 1.807) is 6.20 Å². The van der Waals surface area contributed by atoms with Gasteiger partial charge in [0.05, 0.1) is 12.2 Å². The Morgan fingerprint density at radius 2 is 2.29 bits per heavy atom. The molecule has 0 aromatic carbocycles. The number of aromatic nitrogens is 1. The first-order valence-corrected chi connectivity index (χ1v) is 5.85. The van der Waals surface area contributed by atoms with E-state index in [2.05, 4.69) is 10.3 Å². The second-order valence-corrected chi connectivity index (χ2v) is 3.84. The van der Waals surface area contributed by atoms with Crippen molar-refractivity contribution in [2.45, 2.75) is 20.4 Å². The van der Waals surface area contributed by atoms with Crippen molar-refractivity contribution in [3.8, 4) is 0 Å². The highest BCUT2D eigenvalue weighted by molar-refractivity contribution is 5.75. The lowest BCUT2D eigenvalue weighted by molar-refractivity contribution is -0.119. The Morgan fingerprint density at radius 3 is 2.88 bits per heavy atom. The quantitative estimate of drug-likeness (QED) is 0.735. The van der Waals surface area contributed by atoms with Crippen LogP contribution in [-0.2, 0) is 11.3 Å². The zero-order valence-corrected chi connectivity index (χ0v) is 10.4. The van der Waals surface area contributed by atoms with Crippen LogP contribution in [0.4, 0.5) is 5.69 Å². The smallest absolute Gasteiger partial charge is 0.231 e. The molecule has 94 valence electrons. The number of carbonyl (C=O) groups is 1. The number of nitrogens with one attached hydrogen (secondary N) is 1. The molecule has 5 nitrogen and oxygen atoms in total. The first-order valence-electron chi connectivity index (χ1n) is 5.85. The Labute approximate surface area is 102 Å². The first kappa shape index (κ1) is 13.4. The second kappa shape index (κ2) is 6.85. The summed E-state index contributed by atoms with van der Waals surface area (Å²) in [5, 5.41) is 3.23. The fraction of sp³-hybridized carbons (Fsp3) is 0.500. The molecule has 1 heterocycles. The molecule has 1 aromatic heterocycles. The largest absolute Gasteiger partial charge is 0.385 e. The summed E-state index contributed by atoms with van der Waals surface area (Å²) in [6, 6.07) is 3.92.